The fraction of sp³-hybridized carbons (Fsp3) is 0.591. The van der Waals surface area contributed by atoms with Crippen LogP contribution in [0, 0.1) is 5.92 Å². The SMILES string of the molecule is CCc1cc2cc([C@@H](NCCN(C)C)C3CCCCC3)ccc2[nH]c1=O. The number of likely N-dealkylation sites (N-methyl/N-ethyl adjacent to an activating group) is 1. The van der Waals surface area contributed by atoms with E-state index in [1.54, 1.807) is 0 Å². The zero-order chi connectivity index (χ0) is 18.5. The second kappa shape index (κ2) is 8.83. The van der Waals surface area contributed by atoms with Gasteiger partial charge in [0.05, 0.1) is 0 Å². The monoisotopic (exact) mass is 355 g/mol. The molecule has 0 saturated heterocycles. The van der Waals surface area contributed by atoms with Gasteiger partial charge >= 0.3 is 0 Å². The molecule has 0 unspecified atom stereocenters. The topological polar surface area (TPSA) is 48.1 Å². The second-order valence-electron chi connectivity index (χ2n) is 7.96. The fourth-order valence-electron chi connectivity index (χ4n) is 4.19. The van der Waals surface area contributed by atoms with E-state index in [2.05, 4.69) is 53.6 Å². The van der Waals surface area contributed by atoms with Gasteiger partial charge in [-0.3, -0.25) is 4.79 Å². The van der Waals surface area contributed by atoms with E-state index < -0.39 is 0 Å². The van der Waals surface area contributed by atoms with Gasteiger partial charge in [0.2, 0.25) is 0 Å². The first kappa shape index (κ1) is 19.1. The summed E-state index contributed by atoms with van der Waals surface area (Å²) in [6.45, 7) is 4.08. The van der Waals surface area contributed by atoms with Gasteiger partial charge in [-0.05, 0) is 68.4 Å². The molecule has 0 amide bonds. The number of hydrogen-bond donors (Lipinski definition) is 2. The average molecular weight is 356 g/mol. The highest BCUT2D eigenvalue weighted by Gasteiger charge is 2.25. The van der Waals surface area contributed by atoms with Gasteiger partial charge < -0.3 is 15.2 Å². The number of rotatable bonds is 7. The van der Waals surface area contributed by atoms with E-state index in [0.29, 0.717) is 12.0 Å². The molecule has 1 aliphatic carbocycles. The smallest absolute Gasteiger partial charge is 0.251 e. The molecule has 0 spiro atoms. The van der Waals surface area contributed by atoms with Crippen LogP contribution >= 0.6 is 0 Å². The zero-order valence-corrected chi connectivity index (χ0v) is 16.5. The summed E-state index contributed by atoms with van der Waals surface area (Å²) in [7, 11) is 4.24. The summed E-state index contributed by atoms with van der Waals surface area (Å²) < 4.78 is 0. The molecule has 1 atom stereocenters. The fourth-order valence-corrected chi connectivity index (χ4v) is 4.19. The van der Waals surface area contributed by atoms with E-state index in [4.69, 9.17) is 0 Å². The molecule has 1 aliphatic rings. The van der Waals surface area contributed by atoms with Crippen molar-refractivity contribution in [3.8, 4) is 0 Å². The summed E-state index contributed by atoms with van der Waals surface area (Å²) in [5.41, 5.74) is 3.20. The molecule has 0 aliphatic heterocycles. The molecule has 2 aromatic rings. The van der Waals surface area contributed by atoms with Crippen molar-refractivity contribution in [3.63, 3.8) is 0 Å². The lowest BCUT2D eigenvalue weighted by Crippen LogP contribution is -2.34. The number of H-pyrrole nitrogens is 1. The Bertz CT molecular complexity index is 775. The van der Waals surface area contributed by atoms with Crippen molar-refractivity contribution in [1.82, 2.24) is 15.2 Å². The molecule has 4 nitrogen and oxygen atoms in total. The second-order valence-corrected chi connectivity index (χ2v) is 7.96. The Morgan fingerprint density at radius 3 is 2.65 bits per heavy atom. The third-order valence-electron chi connectivity index (χ3n) is 5.73. The maximum absolute atomic E-state index is 12.1. The molecular weight excluding hydrogens is 322 g/mol. The van der Waals surface area contributed by atoms with E-state index >= 15 is 0 Å². The highest BCUT2D eigenvalue weighted by atomic mass is 16.1. The van der Waals surface area contributed by atoms with Gasteiger partial charge in [-0.25, -0.2) is 0 Å². The predicted molar refractivity (Wildman–Crippen MR) is 110 cm³/mol. The summed E-state index contributed by atoms with van der Waals surface area (Å²) in [5.74, 6) is 0.705. The molecule has 3 rings (SSSR count). The van der Waals surface area contributed by atoms with Crippen LogP contribution in [0.25, 0.3) is 10.9 Å². The Balaban J connectivity index is 1.90. The molecular formula is C22H33N3O. The number of aromatic amines is 1. The van der Waals surface area contributed by atoms with Crippen LogP contribution in [0.5, 0.6) is 0 Å². The molecule has 142 valence electrons. The lowest BCUT2D eigenvalue weighted by Gasteiger charge is -2.32. The maximum Gasteiger partial charge on any atom is 0.251 e. The number of aryl methyl sites for hydroxylation is 1. The van der Waals surface area contributed by atoms with Crippen molar-refractivity contribution < 1.29 is 0 Å². The molecule has 0 bridgehead atoms. The van der Waals surface area contributed by atoms with Crippen LogP contribution in [0.1, 0.15) is 56.2 Å². The highest BCUT2D eigenvalue weighted by molar-refractivity contribution is 5.79. The quantitative estimate of drug-likeness (QED) is 0.793. The molecule has 26 heavy (non-hydrogen) atoms. The van der Waals surface area contributed by atoms with E-state index in [-0.39, 0.29) is 5.56 Å². The van der Waals surface area contributed by atoms with Gasteiger partial charge in [0.15, 0.2) is 0 Å². The first-order chi connectivity index (χ1) is 12.6. The standard InChI is InChI=1S/C22H33N3O/c1-4-16-14-19-15-18(10-11-20(19)24-22(16)26)21(23-12-13-25(2)3)17-8-6-5-7-9-17/h10-11,14-15,17,21,23H,4-9,12-13H2,1-3H3,(H,24,26)/t21-/m0/s1. The lowest BCUT2D eigenvalue weighted by molar-refractivity contribution is 0.263. The van der Waals surface area contributed by atoms with E-state index in [1.165, 1.54) is 37.7 Å². The Hall–Kier alpha value is -1.65. The molecule has 4 heteroatoms. The van der Waals surface area contributed by atoms with Crippen LogP contribution in [-0.4, -0.2) is 37.1 Å². The van der Waals surface area contributed by atoms with Gasteiger partial charge in [-0.15, -0.1) is 0 Å². The lowest BCUT2D eigenvalue weighted by atomic mass is 9.81. The van der Waals surface area contributed by atoms with Gasteiger partial charge in [0.1, 0.15) is 0 Å². The minimum Gasteiger partial charge on any atom is -0.322 e. The first-order valence-corrected chi connectivity index (χ1v) is 10.1. The summed E-state index contributed by atoms with van der Waals surface area (Å²) in [5, 5.41) is 4.98. The van der Waals surface area contributed by atoms with Crippen molar-refractivity contribution in [2.75, 3.05) is 27.2 Å². The molecule has 2 N–H and O–H groups in total. The third-order valence-corrected chi connectivity index (χ3v) is 5.73. The first-order valence-electron chi connectivity index (χ1n) is 10.1. The number of aromatic nitrogens is 1. The molecule has 1 aromatic carbocycles. The van der Waals surface area contributed by atoms with E-state index in [1.807, 2.05) is 6.92 Å². The van der Waals surface area contributed by atoms with Gasteiger partial charge in [-0.2, -0.15) is 0 Å². The van der Waals surface area contributed by atoms with E-state index in [9.17, 15) is 4.79 Å². The third kappa shape index (κ3) is 4.54. The molecule has 1 aromatic heterocycles. The van der Waals surface area contributed by atoms with Crippen LogP contribution in [0.2, 0.25) is 0 Å². The van der Waals surface area contributed by atoms with E-state index in [0.717, 1.165) is 36.0 Å². The Kier molecular flexibility index (Phi) is 6.49. The largest absolute Gasteiger partial charge is 0.322 e. The van der Waals surface area contributed by atoms with Crippen molar-refractivity contribution in [2.24, 2.45) is 5.92 Å². The van der Waals surface area contributed by atoms with Crippen molar-refractivity contribution in [3.05, 3.63) is 45.7 Å². The maximum atomic E-state index is 12.1. The number of nitrogens with zero attached hydrogens (tertiary/aromatic N) is 1. The minimum atomic E-state index is 0.0423. The van der Waals surface area contributed by atoms with Crippen molar-refractivity contribution in [2.45, 2.75) is 51.5 Å². The van der Waals surface area contributed by atoms with Gasteiger partial charge in [0, 0.05) is 30.2 Å². The van der Waals surface area contributed by atoms with Crippen LogP contribution in [-0.2, 0) is 6.42 Å². The number of benzene rings is 1. The van der Waals surface area contributed by atoms with Crippen LogP contribution in [0.3, 0.4) is 0 Å². The molecule has 1 saturated carbocycles. The summed E-state index contributed by atoms with van der Waals surface area (Å²) in [4.78, 5) is 17.3. The Morgan fingerprint density at radius 2 is 1.96 bits per heavy atom. The summed E-state index contributed by atoms with van der Waals surface area (Å²) in [6, 6.07) is 9.03. The van der Waals surface area contributed by atoms with Crippen molar-refractivity contribution in [1.29, 1.82) is 0 Å². The number of hydrogen-bond acceptors (Lipinski definition) is 3. The molecule has 0 radical (unpaired) electrons. The number of fused-ring (bicyclic) bond motifs is 1. The average Bonchev–Trinajstić information content (AvgIpc) is 2.65. The summed E-state index contributed by atoms with van der Waals surface area (Å²) in [6.07, 6.45) is 7.45. The molecule has 1 fully saturated rings. The predicted octanol–water partition coefficient (Wildman–Crippen LogP) is 3.86. The van der Waals surface area contributed by atoms with Gasteiger partial charge in [0.25, 0.3) is 5.56 Å². The molecule has 1 heterocycles. The Labute approximate surface area is 157 Å². The van der Waals surface area contributed by atoms with Crippen LogP contribution in [0.4, 0.5) is 0 Å². The minimum absolute atomic E-state index is 0.0423. The van der Waals surface area contributed by atoms with Gasteiger partial charge in [-0.1, -0.05) is 32.3 Å². The number of nitrogens with one attached hydrogen (secondary N) is 2. The highest BCUT2D eigenvalue weighted by Crippen LogP contribution is 2.35. The zero-order valence-electron chi connectivity index (χ0n) is 16.5. The number of pyridine rings is 1. The van der Waals surface area contributed by atoms with Crippen LogP contribution < -0.4 is 10.9 Å². The normalized spacial score (nSPS) is 17.1. The Morgan fingerprint density at radius 1 is 1.19 bits per heavy atom. The van der Waals surface area contributed by atoms with Crippen molar-refractivity contribution >= 4 is 10.9 Å². The summed E-state index contributed by atoms with van der Waals surface area (Å²) >= 11 is 0. The van der Waals surface area contributed by atoms with Crippen LogP contribution in [0.15, 0.2) is 29.1 Å².